The molecule has 3 N–H and O–H groups in total. The average molecular weight is 361 g/mol. The molecule has 0 bridgehead atoms. The molecule has 124 valence electrons. The van der Waals surface area contributed by atoms with Crippen molar-refractivity contribution in [1.82, 2.24) is 15.0 Å². The van der Waals surface area contributed by atoms with Crippen LogP contribution in [0, 0.1) is 11.3 Å². The second-order valence-electron chi connectivity index (χ2n) is 6.33. The summed E-state index contributed by atoms with van der Waals surface area (Å²) in [5.41, 5.74) is 8.90. The highest BCUT2D eigenvalue weighted by atomic mass is 35.5. The van der Waals surface area contributed by atoms with E-state index in [0.717, 1.165) is 23.5 Å². The summed E-state index contributed by atoms with van der Waals surface area (Å²) in [6.07, 6.45) is 0. The molecule has 0 radical (unpaired) electrons. The van der Waals surface area contributed by atoms with Gasteiger partial charge in [0.2, 0.25) is 0 Å². The number of pyridine rings is 1. The molecule has 0 saturated heterocycles. The van der Waals surface area contributed by atoms with E-state index >= 15 is 0 Å². The van der Waals surface area contributed by atoms with Crippen molar-refractivity contribution in [1.29, 1.82) is 5.26 Å². The number of hydrogen-bond acceptors (Lipinski definition) is 7. The first kappa shape index (κ1) is 16.8. The van der Waals surface area contributed by atoms with Gasteiger partial charge >= 0.3 is 0 Å². The van der Waals surface area contributed by atoms with Crippen LogP contribution in [0.4, 0.5) is 11.5 Å². The minimum Gasteiger partial charge on any atom is -0.384 e. The lowest BCUT2D eigenvalue weighted by atomic mass is 9.87. The minimum atomic E-state index is -0.0301. The van der Waals surface area contributed by atoms with E-state index in [1.807, 2.05) is 13.0 Å². The van der Waals surface area contributed by atoms with Crippen molar-refractivity contribution < 1.29 is 0 Å². The third-order valence-electron chi connectivity index (χ3n) is 3.97. The molecule has 0 aromatic carbocycles. The number of nitrogens with zero attached hydrogens (tertiary/aromatic N) is 4. The van der Waals surface area contributed by atoms with Gasteiger partial charge in [0.1, 0.15) is 17.6 Å². The molecule has 1 atom stereocenters. The van der Waals surface area contributed by atoms with Crippen LogP contribution in [0.15, 0.2) is 17.3 Å². The molecule has 0 spiro atoms. The molecule has 0 saturated carbocycles. The number of nitriles is 1. The molecule has 8 heteroatoms. The van der Waals surface area contributed by atoms with E-state index in [4.69, 9.17) is 22.6 Å². The summed E-state index contributed by atoms with van der Waals surface area (Å²) in [4.78, 5) is 12.9. The summed E-state index contributed by atoms with van der Waals surface area (Å²) in [5, 5.41) is 13.2. The van der Waals surface area contributed by atoms with Gasteiger partial charge in [0.25, 0.3) is 0 Å². The largest absolute Gasteiger partial charge is 0.384 e. The van der Waals surface area contributed by atoms with Crippen molar-refractivity contribution in [2.24, 2.45) is 0 Å². The lowest BCUT2D eigenvalue weighted by Crippen LogP contribution is -2.19. The van der Waals surface area contributed by atoms with E-state index in [2.05, 4.69) is 40.2 Å². The number of thioether (sulfide) groups is 1. The van der Waals surface area contributed by atoms with Gasteiger partial charge in [-0.1, -0.05) is 37.2 Å². The SMILES string of the molecule is CC(Sc1nc(N)cc(C#N)n1)c1cc2c(c(Cl)n1)NCC2(C)C. The zero-order valence-corrected chi connectivity index (χ0v) is 15.2. The maximum absolute atomic E-state index is 9.00. The highest BCUT2D eigenvalue weighted by Gasteiger charge is 2.33. The molecular weight excluding hydrogens is 344 g/mol. The number of hydrogen-bond donors (Lipinski definition) is 2. The molecule has 0 fully saturated rings. The van der Waals surface area contributed by atoms with Crippen LogP contribution in [0.1, 0.15) is 43.0 Å². The van der Waals surface area contributed by atoms with Crippen LogP contribution in [0.3, 0.4) is 0 Å². The van der Waals surface area contributed by atoms with E-state index in [9.17, 15) is 0 Å². The Morgan fingerprint density at radius 2 is 2.12 bits per heavy atom. The summed E-state index contributed by atoms with van der Waals surface area (Å²) in [6, 6.07) is 5.52. The zero-order chi connectivity index (χ0) is 17.5. The quantitative estimate of drug-likeness (QED) is 0.490. The maximum atomic E-state index is 9.00. The van der Waals surface area contributed by atoms with Crippen LogP contribution in [0.25, 0.3) is 0 Å². The number of aromatic nitrogens is 3. The molecule has 1 aliphatic rings. The number of nitrogens with two attached hydrogens (primary N) is 1. The molecule has 3 rings (SSSR count). The van der Waals surface area contributed by atoms with Crippen LogP contribution >= 0.6 is 23.4 Å². The highest BCUT2D eigenvalue weighted by Crippen LogP contribution is 2.42. The highest BCUT2D eigenvalue weighted by molar-refractivity contribution is 7.99. The molecule has 1 aliphatic heterocycles. The Hall–Kier alpha value is -2.04. The van der Waals surface area contributed by atoms with Crippen molar-refractivity contribution in [3.05, 3.63) is 34.2 Å². The van der Waals surface area contributed by atoms with E-state index in [-0.39, 0.29) is 22.2 Å². The van der Waals surface area contributed by atoms with Gasteiger partial charge in [-0.2, -0.15) is 5.26 Å². The summed E-state index contributed by atoms with van der Waals surface area (Å²) >= 11 is 7.74. The predicted octanol–water partition coefficient (Wildman–Crippen LogP) is 3.54. The third kappa shape index (κ3) is 3.12. The zero-order valence-electron chi connectivity index (χ0n) is 13.6. The first-order valence-corrected chi connectivity index (χ1v) is 8.72. The summed E-state index contributed by atoms with van der Waals surface area (Å²) in [5.74, 6) is 0.279. The van der Waals surface area contributed by atoms with Crippen LogP contribution < -0.4 is 11.1 Å². The number of nitrogens with one attached hydrogen (secondary N) is 1. The molecule has 2 aromatic rings. The Labute approximate surface area is 149 Å². The second-order valence-corrected chi connectivity index (χ2v) is 8.00. The van der Waals surface area contributed by atoms with Crippen molar-refractivity contribution >= 4 is 34.9 Å². The summed E-state index contributed by atoms with van der Waals surface area (Å²) in [6.45, 7) is 7.18. The Bertz CT molecular complexity index is 845. The minimum absolute atomic E-state index is 0.00268. The smallest absolute Gasteiger partial charge is 0.191 e. The Kier molecular flexibility index (Phi) is 4.28. The van der Waals surface area contributed by atoms with E-state index < -0.39 is 0 Å². The summed E-state index contributed by atoms with van der Waals surface area (Å²) in [7, 11) is 0. The number of rotatable bonds is 3. The van der Waals surface area contributed by atoms with Crippen LogP contribution in [-0.4, -0.2) is 21.5 Å². The van der Waals surface area contributed by atoms with Crippen molar-refractivity contribution in [3.63, 3.8) is 0 Å². The normalized spacial score (nSPS) is 16.1. The third-order valence-corrected chi connectivity index (χ3v) is 5.23. The van der Waals surface area contributed by atoms with Crippen molar-refractivity contribution in [3.8, 4) is 6.07 Å². The van der Waals surface area contributed by atoms with Gasteiger partial charge in [-0.05, 0) is 18.6 Å². The van der Waals surface area contributed by atoms with Crippen LogP contribution in [0.5, 0.6) is 0 Å². The molecule has 2 aromatic heterocycles. The van der Waals surface area contributed by atoms with E-state index in [1.54, 1.807) is 0 Å². The average Bonchev–Trinajstić information content (AvgIpc) is 2.82. The second kappa shape index (κ2) is 6.11. The molecule has 0 aliphatic carbocycles. The van der Waals surface area contributed by atoms with Crippen LogP contribution in [0.2, 0.25) is 5.15 Å². The molecular formula is C16H17ClN6S. The van der Waals surface area contributed by atoms with E-state index in [0.29, 0.717) is 10.3 Å². The predicted molar refractivity (Wildman–Crippen MR) is 96.2 cm³/mol. The number of halogens is 1. The molecule has 6 nitrogen and oxygen atoms in total. The van der Waals surface area contributed by atoms with Crippen molar-refractivity contribution in [2.45, 2.75) is 36.6 Å². The topological polar surface area (TPSA) is 101 Å². The standard InChI is InChI=1S/C16H17ClN6S/c1-8(24-15-21-9(6-18)4-12(19)23-15)11-5-10-13(14(17)22-11)20-7-16(10,2)3/h4-5,8,20H,7H2,1-3H3,(H2,19,21,23). The monoisotopic (exact) mass is 360 g/mol. The maximum Gasteiger partial charge on any atom is 0.191 e. The Morgan fingerprint density at radius 1 is 1.38 bits per heavy atom. The van der Waals surface area contributed by atoms with Gasteiger partial charge < -0.3 is 11.1 Å². The number of anilines is 2. The molecule has 24 heavy (non-hydrogen) atoms. The van der Waals surface area contributed by atoms with Crippen LogP contribution in [-0.2, 0) is 5.41 Å². The van der Waals surface area contributed by atoms with Gasteiger partial charge in [-0.15, -0.1) is 0 Å². The number of nitrogen functional groups attached to an aromatic ring is 1. The Morgan fingerprint density at radius 3 is 2.83 bits per heavy atom. The fourth-order valence-corrected chi connectivity index (χ4v) is 3.75. The van der Waals surface area contributed by atoms with Gasteiger partial charge in [0.05, 0.1) is 16.6 Å². The Balaban J connectivity index is 1.92. The molecule has 1 unspecified atom stereocenters. The van der Waals surface area contributed by atoms with E-state index in [1.165, 1.54) is 17.8 Å². The lowest BCUT2D eigenvalue weighted by Gasteiger charge is -2.19. The number of fused-ring (bicyclic) bond motifs is 1. The van der Waals surface area contributed by atoms with Gasteiger partial charge in [0.15, 0.2) is 10.3 Å². The lowest BCUT2D eigenvalue weighted by molar-refractivity contribution is 0.585. The fourth-order valence-electron chi connectivity index (χ4n) is 2.62. The molecule has 3 heterocycles. The first-order valence-electron chi connectivity index (χ1n) is 7.46. The van der Waals surface area contributed by atoms with Crippen molar-refractivity contribution in [2.75, 3.05) is 17.6 Å². The molecule has 0 amide bonds. The fraction of sp³-hybridized carbons (Fsp3) is 0.375. The van der Waals surface area contributed by atoms with Gasteiger partial charge in [0, 0.05) is 18.0 Å². The van der Waals surface area contributed by atoms with Gasteiger partial charge in [-0.3, -0.25) is 0 Å². The van der Waals surface area contributed by atoms with Gasteiger partial charge in [-0.25, -0.2) is 15.0 Å². The summed E-state index contributed by atoms with van der Waals surface area (Å²) < 4.78 is 0. The first-order chi connectivity index (χ1) is 11.3.